The van der Waals surface area contributed by atoms with Gasteiger partial charge in [0.1, 0.15) is 11.5 Å². The van der Waals surface area contributed by atoms with E-state index < -0.39 is 33.2 Å². The van der Waals surface area contributed by atoms with Gasteiger partial charge in [0.2, 0.25) is 5.91 Å². The summed E-state index contributed by atoms with van der Waals surface area (Å²) < 4.78 is 27.6. The molecule has 0 aliphatic rings. The number of carbonyl (C=O) groups is 2. The quantitative estimate of drug-likeness (QED) is 0.419. The summed E-state index contributed by atoms with van der Waals surface area (Å²) in [6, 6.07) is 17.0. The van der Waals surface area contributed by atoms with Gasteiger partial charge in [0.25, 0.3) is 5.91 Å². The second-order valence-corrected chi connectivity index (χ2v) is 11.0. The molecular formula is C22H20N4O4S3. The molecule has 0 saturated carbocycles. The summed E-state index contributed by atoms with van der Waals surface area (Å²) in [5.41, 5.74) is 2.50. The van der Waals surface area contributed by atoms with Gasteiger partial charge in [0.15, 0.2) is 19.8 Å². The number of anilines is 1. The lowest BCUT2D eigenvalue weighted by Crippen LogP contribution is -2.28. The van der Waals surface area contributed by atoms with E-state index in [-0.39, 0.29) is 0 Å². The van der Waals surface area contributed by atoms with Gasteiger partial charge in [0, 0.05) is 17.5 Å². The largest absolute Gasteiger partial charge is 0.317 e. The zero-order valence-corrected chi connectivity index (χ0v) is 20.0. The minimum absolute atomic E-state index is 0.291. The zero-order valence-electron chi connectivity index (χ0n) is 17.6. The maximum Gasteiger partial charge on any atom is 0.263 e. The smallest absolute Gasteiger partial charge is 0.263 e. The first kappa shape index (κ1) is 23.0. The zero-order chi connectivity index (χ0) is 23.4. The van der Waals surface area contributed by atoms with Crippen LogP contribution in [0.1, 0.15) is 6.92 Å². The SMILES string of the molecule is CCn1c(=NC(=O)CS(=O)(=O)CC(=O)Nc2nc(-c3ccccc3)cs2)sc2ccccc21. The van der Waals surface area contributed by atoms with E-state index in [1.54, 1.807) is 5.38 Å². The highest BCUT2D eigenvalue weighted by molar-refractivity contribution is 7.92. The van der Waals surface area contributed by atoms with Gasteiger partial charge in [-0.25, -0.2) is 13.4 Å². The number of aryl methyl sites for hydroxylation is 1. The lowest BCUT2D eigenvalue weighted by atomic mass is 10.2. The summed E-state index contributed by atoms with van der Waals surface area (Å²) in [7, 11) is -4.00. The number of para-hydroxylation sites is 1. The molecule has 2 heterocycles. The van der Waals surface area contributed by atoms with E-state index >= 15 is 0 Å². The van der Waals surface area contributed by atoms with Crippen molar-refractivity contribution in [3.63, 3.8) is 0 Å². The summed E-state index contributed by atoms with van der Waals surface area (Å²) in [4.78, 5) is 33.4. The Morgan fingerprint density at radius 1 is 1.06 bits per heavy atom. The molecule has 4 aromatic rings. The lowest BCUT2D eigenvalue weighted by Gasteiger charge is -2.03. The minimum atomic E-state index is -4.00. The molecule has 4 rings (SSSR count). The van der Waals surface area contributed by atoms with Gasteiger partial charge in [-0.2, -0.15) is 4.99 Å². The average Bonchev–Trinajstić information content (AvgIpc) is 3.37. The number of fused-ring (bicyclic) bond motifs is 1. The highest BCUT2D eigenvalue weighted by Gasteiger charge is 2.22. The Labute approximate surface area is 198 Å². The molecular weight excluding hydrogens is 480 g/mol. The van der Waals surface area contributed by atoms with Crippen molar-refractivity contribution in [2.75, 3.05) is 16.8 Å². The number of aromatic nitrogens is 2. The van der Waals surface area contributed by atoms with E-state index in [0.717, 1.165) is 15.8 Å². The first-order valence-corrected chi connectivity index (χ1v) is 13.5. The van der Waals surface area contributed by atoms with Crippen molar-refractivity contribution in [2.24, 2.45) is 4.99 Å². The fourth-order valence-electron chi connectivity index (χ4n) is 3.22. The second kappa shape index (κ2) is 9.77. The van der Waals surface area contributed by atoms with Gasteiger partial charge in [-0.05, 0) is 19.1 Å². The Hall–Kier alpha value is -3.15. The monoisotopic (exact) mass is 500 g/mol. The molecule has 0 radical (unpaired) electrons. The highest BCUT2D eigenvalue weighted by atomic mass is 32.2. The molecule has 0 aliphatic carbocycles. The van der Waals surface area contributed by atoms with Crippen LogP contribution in [0.15, 0.2) is 65.0 Å². The number of rotatable bonds is 7. The van der Waals surface area contributed by atoms with E-state index in [2.05, 4.69) is 15.3 Å². The van der Waals surface area contributed by atoms with Crippen LogP contribution in [0.3, 0.4) is 0 Å². The summed E-state index contributed by atoms with van der Waals surface area (Å²) in [5.74, 6) is -3.22. The molecule has 0 saturated heterocycles. The standard InChI is InChI=1S/C22H20N4O4S3/c1-2-26-17-10-6-7-11-18(17)32-22(26)25-20(28)14-33(29,30)13-19(27)24-21-23-16(12-31-21)15-8-4-3-5-9-15/h3-12H,2,13-14H2,1H3,(H,23,24,27). The predicted octanol–water partition coefficient (Wildman–Crippen LogP) is 3.33. The number of thiazole rings is 2. The van der Waals surface area contributed by atoms with Crippen LogP contribution in [0, 0.1) is 0 Å². The molecule has 1 N–H and O–H groups in total. The van der Waals surface area contributed by atoms with Crippen LogP contribution in [-0.4, -0.2) is 41.3 Å². The Balaban J connectivity index is 1.42. The predicted molar refractivity (Wildman–Crippen MR) is 131 cm³/mol. The van der Waals surface area contributed by atoms with Crippen LogP contribution in [0.25, 0.3) is 21.5 Å². The molecule has 0 spiro atoms. The van der Waals surface area contributed by atoms with Gasteiger partial charge in [-0.15, -0.1) is 11.3 Å². The second-order valence-electron chi connectivity index (χ2n) is 7.09. The van der Waals surface area contributed by atoms with Gasteiger partial charge in [-0.1, -0.05) is 53.8 Å². The van der Waals surface area contributed by atoms with Crippen LogP contribution in [0.5, 0.6) is 0 Å². The van der Waals surface area contributed by atoms with E-state index in [1.165, 1.54) is 22.7 Å². The first-order chi connectivity index (χ1) is 15.8. The van der Waals surface area contributed by atoms with Crippen LogP contribution >= 0.6 is 22.7 Å². The Morgan fingerprint density at radius 3 is 2.55 bits per heavy atom. The van der Waals surface area contributed by atoms with Crippen LogP contribution in [-0.2, 0) is 26.0 Å². The number of amides is 2. The molecule has 2 aromatic heterocycles. The van der Waals surface area contributed by atoms with Crippen molar-refractivity contribution in [3.05, 3.63) is 64.8 Å². The Bertz CT molecular complexity index is 1480. The number of hydrogen-bond donors (Lipinski definition) is 1. The topological polar surface area (TPSA) is 110 Å². The van der Waals surface area contributed by atoms with Crippen molar-refractivity contribution >= 4 is 59.7 Å². The normalized spacial score (nSPS) is 12.2. The molecule has 2 amide bonds. The third-order valence-electron chi connectivity index (χ3n) is 4.64. The van der Waals surface area contributed by atoms with Crippen molar-refractivity contribution in [3.8, 4) is 11.3 Å². The van der Waals surface area contributed by atoms with Crippen LogP contribution < -0.4 is 10.1 Å². The van der Waals surface area contributed by atoms with E-state index in [9.17, 15) is 18.0 Å². The fourth-order valence-corrected chi connectivity index (χ4v) is 6.08. The van der Waals surface area contributed by atoms with Gasteiger partial charge < -0.3 is 9.88 Å². The summed E-state index contributed by atoms with van der Waals surface area (Å²) in [6.07, 6.45) is 0. The third kappa shape index (κ3) is 5.62. The van der Waals surface area contributed by atoms with Crippen LogP contribution in [0.2, 0.25) is 0 Å². The van der Waals surface area contributed by atoms with E-state index in [4.69, 9.17) is 0 Å². The molecule has 0 unspecified atom stereocenters. The Kier molecular flexibility index (Phi) is 6.82. The summed E-state index contributed by atoms with van der Waals surface area (Å²) in [5, 5.41) is 4.56. The van der Waals surface area contributed by atoms with Crippen molar-refractivity contribution in [1.29, 1.82) is 0 Å². The summed E-state index contributed by atoms with van der Waals surface area (Å²) >= 11 is 2.51. The Morgan fingerprint density at radius 2 is 1.79 bits per heavy atom. The number of nitrogens with zero attached hydrogens (tertiary/aromatic N) is 3. The molecule has 0 aliphatic heterocycles. The maximum atomic E-state index is 12.4. The summed E-state index contributed by atoms with van der Waals surface area (Å²) in [6.45, 7) is 2.51. The van der Waals surface area contributed by atoms with Crippen LogP contribution in [0.4, 0.5) is 5.13 Å². The number of carbonyl (C=O) groups excluding carboxylic acids is 2. The number of benzene rings is 2. The lowest BCUT2D eigenvalue weighted by molar-refractivity contribution is -0.115. The number of nitrogens with one attached hydrogen (secondary N) is 1. The first-order valence-electron chi connectivity index (χ1n) is 10.0. The molecule has 0 bridgehead atoms. The van der Waals surface area contributed by atoms with Crippen molar-refractivity contribution < 1.29 is 18.0 Å². The van der Waals surface area contributed by atoms with E-state index in [0.29, 0.717) is 22.2 Å². The van der Waals surface area contributed by atoms with Gasteiger partial charge in [-0.3, -0.25) is 9.59 Å². The molecule has 33 heavy (non-hydrogen) atoms. The number of sulfone groups is 1. The maximum absolute atomic E-state index is 12.4. The minimum Gasteiger partial charge on any atom is -0.317 e. The van der Waals surface area contributed by atoms with E-state index in [1.807, 2.05) is 66.1 Å². The average molecular weight is 501 g/mol. The molecule has 8 nitrogen and oxygen atoms in total. The highest BCUT2D eigenvalue weighted by Crippen LogP contribution is 2.24. The molecule has 0 atom stereocenters. The number of hydrogen-bond acceptors (Lipinski definition) is 7. The molecule has 2 aromatic carbocycles. The molecule has 11 heteroatoms. The third-order valence-corrected chi connectivity index (χ3v) is 7.85. The molecule has 170 valence electrons. The van der Waals surface area contributed by atoms with Gasteiger partial charge >= 0.3 is 0 Å². The van der Waals surface area contributed by atoms with Crippen molar-refractivity contribution in [1.82, 2.24) is 9.55 Å². The van der Waals surface area contributed by atoms with Gasteiger partial charge in [0.05, 0.1) is 15.9 Å². The molecule has 0 fully saturated rings. The fraction of sp³-hybridized carbons (Fsp3) is 0.182. The van der Waals surface area contributed by atoms with Crippen molar-refractivity contribution in [2.45, 2.75) is 13.5 Å².